The fourth-order valence-electron chi connectivity index (χ4n) is 4.08. The van der Waals surface area contributed by atoms with Crippen molar-refractivity contribution in [1.29, 1.82) is 0 Å². The first-order chi connectivity index (χ1) is 11.6. The van der Waals surface area contributed by atoms with Crippen molar-refractivity contribution in [1.82, 2.24) is 9.21 Å². The summed E-state index contributed by atoms with van der Waals surface area (Å²) in [6.07, 6.45) is 3.49. The molecule has 0 aliphatic carbocycles. The maximum absolute atomic E-state index is 12.9. The quantitative estimate of drug-likeness (QED) is 0.824. The minimum atomic E-state index is -3.33. The van der Waals surface area contributed by atoms with E-state index < -0.39 is 15.4 Å². The largest absolute Gasteiger partial charge is 0.487 e. The Kier molecular flexibility index (Phi) is 4.90. The van der Waals surface area contributed by atoms with Gasteiger partial charge in [0.25, 0.3) is 0 Å². The summed E-state index contributed by atoms with van der Waals surface area (Å²) in [6.45, 7) is 7.05. The standard InChI is InChI=1S/C19H30N2O3S/c1-14-9-10-17-15(12-14)16(13-19(2,3)24-17)21-11-7-6-8-18(21)25(22,23)20(4)5/h9-10,12,16,18H,6-8,11,13H2,1-5H3. The van der Waals surface area contributed by atoms with Gasteiger partial charge in [-0.15, -0.1) is 0 Å². The van der Waals surface area contributed by atoms with Gasteiger partial charge in [0.05, 0.1) is 0 Å². The zero-order chi connectivity index (χ0) is 18.4. The van der Waals surface area contributed by atoms with E-state index in [1.807, 2.05) is 6.07 Å². The summed E-state index contributed by atoms with van der Waals surface area (Å²) in [7, 11) is -0.0638. The minimum absolute atomic E-state index is 0.0682. The molecule has 2 aliphatic heterocycles. The van der Waals surface area contributed by atoms with Crippen molar-refractivity contribution >= 4 is 10.0 Å². The van der Waals surface area contributed by atoms with Crippen LogP contribution in [0.15, 0.2) is 18.2 Å². The fourth-order valence-corrected chi connectivity index (χ4v) is 5.62. The molecule has 0 amide bonds. The van der Waals surface area contributed by atoms with E-state index in [1.54, 1.807) is 14.1 Å². The van der Waals surface area contributed by atoms with Crippen LogP contribution >= 0.6 is 0 Å². The Bertz CT molecular complexity index is 743. The molecule has 0 spiro atoms. The van der Waals surface area contributed by atoms with Gasteiger partial charge in [-0.2, -0.15) is 0 Å². The van der Waals surface area contributed by atoms with Crippen molar-refractivity contribution in [2.75, 3.05) is 20.6 Å². The van der Waals surface area contributed by atoms with Gasteiger partial charge >= 0.3 is 0 Å². The maximum atomic E-state index is 12.9. The van der Waals surface area contributed by atoms with Crippen molar-refractivity contribution in [2.45, 2.75) is 63.5 Å². The first-order valence-corrected chi connectivity index (χ1v) is 10.6. The van der Waals surface area contributed by atoms with Crippen LogP contribution in [0.25, 0.3) is 0 Å². The third kappa shape index (κ3) is 3.57. The highest BCUT2D eigenvalue weighted by Crippen LogP contribution is 2.45. The van der Waals surface area contributed by atoms with Crippen LogP contribution < -0.4 is 4.74 Å². The Hall–Kier alpha value is -1.11. The molecular weight excluding hydrogens is 336 g/mol. The fraction of sp³-hybridized carbons (Fsp3) is 0.684. The van der Waals surface area contributed by atoms with Gasteiger partial charge in [-0.1, -0.05) is 17.7 Å². The molecule has 2 atom stereocenters. The van der Waals surface area contributed by atoms with E-state index in [9.17, 15) is 8.42 Å². The van der Waals surface area contributed by atoms with Crippen LogP contribution in [0.2, 0.25) is 0 Å². The Morgan fingerprint density at radius 1 is 1.24 bits per heavy atom. The number of hydrogen-bond donors (Lipinski definition) is 0. The second kappa shape index (κ2) is 6.56. The molecule has 1 aromatic rings. The number of nitrogens with zero attached hydrogens (tertiary/aromatic N) is 2. The van der Waals surface area contributed by atoms with Gasteiger partial charge in [0.2, 0.25) is 10.0 Å². The minimum Gasteiger partial charge on any atom is -0.487 e. The molecule has 1 fully saturated rings. The van der Waals surface area contributed by atoms with Crippen LogP contribution in [-0.4, -0.2) is 49.2 Å². The number of benzene rings is 1. The number of aryl methyl sites for hydroxylation is 1. The molecule has 6 heteroatoms. The molecular formula is C19H30N2O3S. The summed E-state index contributed by atoms with van der Waals surface area (Å²) in [5.41, 5.74) is 1.99. The first-order valence-electron chi connectivity index (χ1n) is 9.08. The van der Waals surface area contributed by atoms with Crippen LogP contribution in [0, 0.1) is 6.92 Å². The maximum Gasteiger partial charge on any atom is 0.229 e. The van der Waals surface area contributed by atoms with Gasteiger partial charge in [0.15, 0.2) is 0 Å². The van der Waals surface area contributed by atoms with E-state index in [1.165, 1.54) is 9.87 Å². The average molecular weight is 367 g/mol. The number of ether oxygens (including phenoxy) is 1. The molecule has 0 radical (unpaired) electrons. The van der Waals surface area contributed by atoms with Crippen LogP contribution in [-0.2, 0) is 10.0 Å². The summed E-state index contributed by atoms with van der Waals surface area (Å²) in [6, 6.07) is 6.31. The normalized spacial score (nSPS) is 27.0. The lowest BCUT2D eigenvalue weighted by atomic mass is 9.87. The second-order valence-corrected chi connectivity index (χ2v) is 10.4. The number of piperidine rings is 1. The zero-order valence-electron chi connectivity index (χ0n) is 15.9. The summed E-state index contributed by atoms with van der Waals surface area (Å²) >= 11 is 0. The number of hydrogen-bond acceptors (Lipinski definition) is 4. The van der Waals surface area contributed by atoms with Gasteiger partial charge in [0, 0.05) is 38.7 Å². The lowest BCUT2D eigenvalue weighted by Crippen LogP contribution is -2.52. The van der Waals surface area contributed by atoms with Crippen LogP contribution in [0.3, 0.4) is 0 Å². The molecule has 0 aromatic heterocycles. The molecule has 0 saturated carbocycles. The van der Waals surface area contributed by atoms with E-state index >= 15 is 0 Å². The summed E-state index contributed by atoms with van der Waals surface area (Å²) in [4.78, 5) is 2.21. The lowest BCUT2D eigenvalue weighted by molar-refractivity contribution is 0.0165. The topological polar surface area (TPSA) is 49.9 Å². The molecule has 2 unspecified atom stereocenters. The Labute approximate surface area is 152 Å². The highest BCUT2D eigenvalue weighted by Gasteiger charge is 2.44. The van der Waals surface area contributed by atoms with E-state index in [0.29, 0.717) is 6.42 Å². The summed E-state index contributed by atoms with van der Waals surface area (Å²) in [5.74, 6) is 0.887. The molecule has 5 nitrogen and oxygen atoms in total. The second-order valence-electron chi connectivity index (χ2n) is 8.14. The summed E-state index contributed by atoms with van der Waals surface area (Å²) in [5, 5.41) is -0.455. The smallest absolute Gasteiger partial charge is 0.229 e. The number of rotatable bonds is 3. The van der Waals surface area contributed by atoms with Crippen molar-refractivity contribution in [3.05, 3.63) is 29.3 Å². The van der Waals surface area contributed by atoms with E-state index in [4.69, 9.17) is 4.74 Å². The van der Waals surface area contributed by atoms with Gasteiger partial charge in [-0.3, -0.25) is 4.90 Å². The highest BCUT2D eigenvalue weighted by atomic mass is 32.2. The van der Waals surface area contributed by atoms with E-state index in [2.05, 4.69) is 37.8 Å². The first kappa shape index (κ1) is 18.7. The molecule has 0 bridgehead atoms. The van der Waals surface area contributed by atoms with Crippen LogP contribution in [0.5, 0.6) is 5.75 Å². The Morgan fingerprint density at radius 3 is 2.64 bits per heavy atom. The highest BCUT2D eigenvalue weighted by molar-refractivity contribution is 7.89. The van der Waals surface area contributed by atoms with Gasteiger partial charge in [-0.05, 0) is 46.1 Å². The van der Waals surface area contributed by atoms with Crippen molar-refractivity contribution in [3.63, 3.8) is 0 Å². The molecule has 2 heterocycles. The van der Waals surface area contributed by atoms with Gasteiger partial charge in [0.1, 0.15) is 16.7 Å². The third-order valence-electron chi connectivity index (χ3n) is 5.34. The lowest BCUT2D eigenvalue weighted by Gasteiger charge is -2.47. The Morgan fingerprint density at radius 2 is 1.96 bits per heavy atom. The number of fused-ring (bicyclic) bond motifs is 1. The molecule has 3 rings (SSSR count). The predicted octanol–water partition coefficient (Wildman–Crippen LogP) is 3.30. The Balaban J connectivity index is 2.05. The molecule has 0 N–H and O–H groups in total. The van der Waals surface area contributed by atoms with E-state index in [0.717, 1.165) is 37.1 Å². The van der Waals surface area contributed by atoms with Crippen LogP contribution in [0.4, 0.5) is 0 Å². The van der Waals surface area contributed by atoms with Crippen molar-refractivity contribution in [3.8, 4) is 5.75 Å². The molecule has 1 aromatic carbocycles. The average Bonchev–Trinajstić information content (AvgIpc) is 2.54. The monoisotopic (exact) mass is 366 g/mol. The van der Waals surface area contributed by atoms with Gasteiger partial charge < -0.3 is 4.74 Å². The number of likely N-dealkylation sites (tertiary alicyclic amines) is 1. The number of sulfonamides is 1. The third-order valence-corrected chi connectivity index (χ3v) is 7.55. The molecule has 2 aliphatic rings. The SMILES string of the molecule is Cc1ccc2c(c1)C(N1CCCCC1S(=O)(=O)N(C)C)CC(C)(C)O2. The van der Waals surface area contributed by atoms with Crippen molar-refractivity contribution < 1.29 is 13.2 Å². The molecule has 25 heavy (non-hydrogen) atoms. The molecule has 140 valence electrons. The van der Waals surface area contributed by atoms with Gasteiger partial charge in [-0.25, -0.2) is 12.7 Å². The predicted molar refractivity (Wildman–Crippen MR) is 100 cm³/mol. The summed E-state index contributed by atoms with van der Waals surface area (Å²) < 4.78 is 33.4. The van der Waals surface area contributed by atoms with Crippen LogP contribution in [0.1, 0.15) is 56.7 Å². The molecule has 1 saturated heterocycles. The van der Waals surface area contributed by atoms with E-state index in [-0.39, 0.29) is 11.6 Å². The zero-order valence-corrected chi connectivity index (χ0v) is 16.8. The van der Waals surface area contributed by atoms with Crippen molar-refractivity contribution in [2.24, 2.45) is 0 Å².